The van der Waals surface area contributed by atoms with Crippen LogP contribution in [0.5, 0.6) is 0 Å². The van der Waals surface area contributed by atoms with Crippen LogP contribution in [-0.2, 0) is 9.53 Å². The number of ether oxygens (including phenoxy) is 1. The third-order valence-electron chi connectivity index (χ3n) is 0.348. The lowest BCUT2D eigenvalue weighted by molar-refractivity contribution is -0.140. The molecule has 0 aliphatic carbocycles. The molecule has 0 aromatic rings. The molecule has 0 bridgehead atoms. The van der Waals surface area contributed by atoms with E-state index in [0.29, 0.717) is 6.61 Å². The van der Waals surface area contributed by atoms with E-state index in [2.05, 4.69) is 16.0 Å². The Hall–Kier alpha value is -0.610. The fourth-order valence-electron chi connectivity index (χ4n) is 0.203. The normalized spacial score (nSPS) is 7.11. The molecule has 9 heavy (non-hydrogen) atoms. The summed E-state index contributed by atoms with van der Waals surface area (Å²) >= 11 is 0. The molecule has 0 aliphatic rings. The van der Waals surface area contributed by atoms with Gasteiger partial charge in [-0.1, -0.05) is 0 Å². The van der Waals surface area contributed by atoms with Crippen molar-refractivity contribution in [3.63, 3.8) is 0 Å². The van der Waals surface area contributed by atoms with E-state index >= 15 is 0 Å². The first-order chi connectivity index (χ1) is 4.18. The van der Waals surface area contributed by atoms with E-state index in [0.717, 1.165) is 0 Å². The van der Waals surface area contributed by atoms with Crippen molar-refractivity contribution in [3.8, 4) is 0 Å². The lowest BCUT2D eigenvalue weighted by Crippen LogP contribution is -2.13. The number of hydrogen-bond acceptors (Lipinski definition) is 4. The Labute approximate surface area is 55.3 Å². The van der Waals surface area contributed by atoms with E-state index in [1.165, 1.54) is 6.92 Å². The number of nitrogens with one attached hydrogen (secondary N) is 1. The largest absolute Gasteiger partial charge is 0.466 e. The van der Waals surface area contributed by atoms with Gasteiger partial charge >= 0.3 is 5.97 Å². The molecule has 0 atom stereocenters. The second-order valence-corrected chi connectivity index (χ2v) is 1.21. The summed E-state index contributed by atoms with van der Waals surface area (Å²) in [5.41, 5.74) is 2.25. The maximum atomic E-state index is 9.82. The van der Waals surface area contributed by atoms with E-state index in [9.17, 15) is 4.79 Å². The maximum Gasteiger partial charge on any atom is 0.302 e. The molecule has 0 amide bonds. The summed E-state index contributed by atoms with van der Waals surface area (Å²) in [6.07, 6.45) is 0. The molecule has 0 spiro atoms. The molecule has 0 fully saturated rings. The molecule has 0 saturated heterocycles. The van der Waals surface area contributed by atoms with Gasteiger partial charge in [0.05, 0.1) is 6.61 Å². The van der Waals surface area contributed by atoms with Gasteiger partial charge in [0.25, 0.3) is 0 Å². The van der Waals surface area contributed by atoms with Crippen LogP contribution in [0.3, 0.4) is 0 Å². The van der Waals surface area contributed by atoms with Crippen molar-refractivity contribution in [1.82, 2.24) is 5.43 Å². The Bertz CT molecular complexity index is 66.0. The standard InChI is InChI=1S/C4H8O2.CH6N2/c1-3-6-4(2)5;1-3-2/h3H2,1-2H3;3H,2H2,1H3. The van der Waals surface area contributed by atoms with Gasteiger partial charge in [-0.05, 0) is 14.0 Å². The summed E-state index contributed by atoms with van der Waals surface area (Å²) in [4.78, 5) is 9.82. The quantitative estimate of drug-likeness (QED) is 0.292. The summed E-state index contributed by atoms with van der Waals surface area (Å²) in [6.45, 7) is 3.65. The Kier molecular flexibility index (Phi) is 13.0. The number of hydrogen-bond donors (Lipinski definition) is 2. The number of rotatable bonds is 1. The van der Waals surface area contributed by atoms with E-state index < -0.39 is 0 Å². The van der Waals surface area contributed by atoms with E-state index in [-0.39, 0.29) is 5.97 Å². The first kappa shape index (κ1) is 11.2. The van der Waals surface area contributed by atoms with Crippen LogP contribution in [0.25, 0.3) is 0 Å². The Morgan fingerprint density at radius 2 is 2.11 bits per heavy atom. The predicted octanol–water partition coefficient (Wildman–Crippen LogP) is -0.351. The van der Waals surface area contributed by atoms with E-state index in [1.54, 1.807) is 14.0 Å². The molecule has 0 aliphatic heterocycles. The van der Waals surface area contributed by atoms with Crippen LogP contribution in [0, 0.1) is 0 Å². The molecular weight excluding hydrogens is 120 g/mol. The zero-order valence-corrected chi connectivity index (χ0v) is 6.10. The van der Waals surface area contributed by atoms with Gasteiger partial charge in [-0.2, -0.15) is 0 Å². The molecule has 0 radical (unpaired) electrons. The van der Waals surface area contributed by atoms with Gasteiger partial charge in [-0.25, -0.2) is 0 Å². The zero-order chi connectivity index (χ0) is 7.70. The molecular formula is C5H14N2O2. The molecule has 0 unspecified atom stereocenters. The molecule has 0 aromatic heterocycles. The minimum atomic E-state index is -0.211. The van der Waals surface area contributed by atoms with Gasteiger partial charge in [0.1, 0.15) is 0 Å². The fourth-order valence-corrected chi connectivity index (χ4v) is 0.203. The summed E-state index contributed by atoms with van der Waals surface area (Å²) in [5.74, 6) is 4.39. The number of esters is 1. The van der Waals surface area contributed by atoms with Crippen molar-refractivity contribution >= 4 is 5.97 Å². The van der Waals surface area contributed by atoms with Gasteiger partial charge in [0, 0.05) is 6.92 Å². The number of hydrazine groups is 1. The van der Waals surface area contributed by atoms with Crippen molar-refractivity contribution in [2.45, 2.75) is 13.8 Å². The van der Waals surface area contributed by atoms with E-state index in [4.69, 9.17) is 0 Å². The van der Waals surface area contributed by atoms with Gasteiger partial charge in [0.15, 0.2) is 0 Å². The van der Waals surface area contributed by atoms with E-state index in [1.807, 2.05) is 0 Å². The Balaban J connectivity index is 0. The first-order valence-corrected chi connectivity index (χ1v) is 2.69. The van der Waals surface area contributed by atoms with Crippen molar-refractivity contribution in [1.29, 1.82) is 0 Å². The number of carbonyl (C=O) groups excluding carboxylic acids is 1. The van der Waals surface area contributed by atoms with Crippen LogP contribution in [0.15, 0.2) is 0 Å². The number of nitrogens with two attached hydrogens (primary N) is 1. The summed E-state index contributed by atoms with van der Waals surface area (Å²) in [7, 11) is 1.65. The molecule has 56 valence electrons. The van der Waals surface area contributed by atoms with Crippen LogP contribution in [-0.4, -0.2) is 19.6 Å². The van der Waals surface area contributed by atoms with Crippen LogP contribution in [0.4, 0.5) is 0 Å². The average molecular weight is 134 g/mol. The van der Waals surface area contributed by atoms with Crippen LogP contribution in [0.2, 0.25) is 0 Å². The highest BCUT2D eigenvalue weighted by Gasteiger charge is 1.81. The molecule has 3 N–H and O–H groups in total. The maximum absolute atomic E-state index is 9.82. The molecule has 0 saturated carbocycles. The van der Waals surface area contributed by atoms with Gasteiger partial charge in [-0.15, -0.1) is 0 Å². The second-order valence-electron chi connectivity index (χ2n) is 1.21. The number of carbonyl (C=O) groups is 1. The molecule has 0 aromatic carbocycles. The molecule has 0 rings (SSSR count). The van der Waals surface area contributed by atoms with Crippen molar-refractivity contribution in [2.24, 2.45) is 5.84 Å². The monoisotopic (exact) mass is 134 g/mol. The highest BCUT2D eigenvalue weighted by Crippen LogP contribution is 1.69. The Morgan fingerprint density at radius 1 is 1.78 bits per heavy atom. The minimum Gasteiger partial charge on any atom is -0.466 e. The topological polar surface area (TPSA) is 64.3 Å². The highest BCUT2D eigenvalue weighted by atomic mass is 16.5. The minimum absolute atomic E-state index is 0.211. The molecule has 4 heteroatoms. The van der Waals surface area contributed by atoms with Crippen LogP contribution >= 0.6 is 0 Å². The predicted molar refractivity (Wildman–Crippen MR) is 35.6 cm³/mol. The summed E-state index contributed by atoms with van der Waals surface area (Å²) in [5, 5.41) is 0. The summed E-state index contributed by atoms with van der Waals surface area (Å²) < 4.78 is 4.40. The molecule has 4 nitrogen and oxygen atoms in total. The third kappa shape index (κ3) is 37.6. The highest BCUT2D eigenvalue weighted by molar-refractivity contribution is 5.65. The van der Waals surface area contributed by atoms with Gasteiger partial charge in [0.2, 0.25) is 0 Å². The zero-order valence-electron chi connectivity index (χ0n) is 6.10. The lowest BCUT2D eigenvalue weighted by Gasteiger charge is -1.89. The van der Waals surface area contributed by atoms with Crippen LogP contribution < -0.4 is 11.3 Å². The summed E-state index contributed by atoms with van der Waals surface area (Å²) in [6, 6.07) is 0. The van der Waals surface area contributed by atoms with Crippen molar-refractivity contribution < 1.29 is 9.53 Å². The van der Waals surface area contributed by atoms with Crippen molar-refractivity contribution in [2.75, 3.05) is 13.7 Å². The molecule has 0 heterocycles. The SMILES string of the molecule is CCOC(C)=O.CNN. The fraction of sp³-hybridized carbons (Fsp3) is 0.800. The van der Waals surface area contributed by atoms with Gasteiger partial charge in [-0.3, -0.25) is 16.1 Å². The average Bonchev–Trinajstić information content (AvgIpc) is 1.67. The van der Waals surface area contributed by atoms with Crippen LogP contribution in [0.1, 0.15) is 13.8 Å². The Morgan fingerprint density at radius 3 is 2.11 bits per heavy atom. The smallest absolute Gasteiger partial charge is 0.302 e. The lowest BCUT2D eigenvalue weighted by atomic mass is 10.8. The van der Waals surface area contributed by atoms with Crippen molar-refractivity contribution in [3.05, 3.63) is 0 Å². The third-order valence-corrected chi connectivity index (χ3v) is 0.348. The van der Waals surface area contributed by atoms with Gasteiger partial charge < -0.3 is 4.74 Å². The second kappa shape index (κ2) is 10.4. The first-order valence-electron chi connectivity index (χ1n) is 2.69.